The maximum absolute atomic E-state index is 10.7. The standard InChI is InChI=1S/C10H10N4O3S/c1-3-8-4-5-9(6-10(8)7(2)11)18(12-15,13-16)14-17/h3-6H,1-2,11H2. The van der Waals surface area contributed by atoms with Crippen LogP contribution in [0.25, 0.3) is 11.8 Å². The quantitative estimate of drug-likeness (QED) is 0.793. The lowest BCUT2D eigenvalue weighted by molar-refractivity contribution is 1.33. The molecule has 7 nitrogen and oxygen atoms in total. The third-order valence-electron chi connectivity index (χ3n) is 2.22. The van der Waals surface area contributed by atoms with Crippen molar-refractivity contribution < 1.29 is 0 Å². The zero-order valence-electron chi connectivity index (χ0n) is 9.28. The molecule has 0 aliphatic carbocycles. The first kappa shape index (κ1) is 13.7. The molecule has 0 spiro atoms. The summed E-state index contributed by atoms with van der Waals surface area (Å²) in [5.74, 6) is 0. The third kappa shape index (κ3) is 2.18. The van der Waals surface area contributed by atoms with E-state index < -0.39 is 10.6 Å². The molecule has 0 aliphatic heterocycles. The summed E-state index contributed by atoms with van der Waals surface area (Å²) in [5, 5.41) is 0. The molecule has 0 radical (unpaired) electrons. The van der Waals surface area contributed by atoms with Crippen LogP contribution < -0.4 is 5.73 Å². The largest absolute Gasteiger partial charge is 0.399 e. The van der Waals surface area contributed by atoms with E-state index in [4.69, 9.17) is 5.73 Å². The lowest BCUT2D eigenvalue weighted by Gasteiger charge is -2.16. The molecule has 0 heterocycles. The number of hydrogen-bond acceptors (Lipinski definition) is 7. The highest BCUT2D eigenvalue weighted by molar-refractivity contribution is 8.30. The fourth-order valence-electron chi connectivity index (χ4n) is 1.33. The second-order valence-corrected chi connectivity index (χ2v) is 5.18. The molecule has 1 rings (SSSR count). The topological polar surface area (TPSA) is 114 Å². The summed E-state index contributed by atoms with van der Waals surface area (Å²) in [4.78, 5) is 32.0. The Bertz CT molecular complexity index is 522. The van der Waals surface area contributed by atoms with E-state index in [1.165, 1.54) is 24.3 Å². The zero-order chi connectivity index (χ0) is 13.8. The molecule has 94 valence electrons. The maximum atomic E-state index is 10.7. The molecule has 0 aliphatic rings. The van der Waals surface area contributed by atoms with Gasteiger partial charge in [0.2, 0.25) is 0 Å². The summed E-state index contributed by atoms with van der Waals surface area (Å²) in [6, 6.07) is 4.24. The van der Waals surface area contributed by atoms with Crippen molar-refractivity contribution >= 4 is 22.4 Å². The van der Waals surface area contributed by atoms with Crippen LogP contribution in [0.4, 0.5) is 0 Å². The van der Waals surface area contributed by atoms with E-state index in [-0.39, 0.29) is 10.6 Å². The number of nitrogens with zero attached hydrogens (tertiary/aromatic N) is 3. The van der Waals surface area contributed by atoms with E-state index in [0.29, 0.717) is 11.1 Å². The van der Waals surface area contributed by atoms with Gasteiger partial charge in [-0.15, -0.1) is 14.7 Å². The van der Waals surface area contributed by atoms with E-state index in [9.17, 15) is 14.7 Å². The van der Waals surface area contributed by atoms with Gasteiger partial charge in [0.15, 0.2) is 10.6 Å². The van der Waals surface area contributed by atoms with Crippen LogP contribution in [0.5, 0.6) is 0 Å². The van der Waals surface area contributed by atoms with Gasteiger partial charge in [0.05, 0.1) is 4.90 Å². The Kier molecular flexibility index (Phi) is 4.05. The first-order valence-corrected chi connectivity index (χ1v) is 6.13. The van der Waals surface area contributed by atoms with Gasteiger partial charge in [-0.25, -0.2) is 0 Å². The smallest absolute Gasteiger partial charge is 0.197 e. The Balaban J connectivity index is 3.53. The summed E-state index contributed by atoms with van der Waals surface area (Å²) in [5.41, 5.74) is 6.85. The van der Waals surface area contributed by atoms with Crippen LogP contribution in [-0.2, 0) is 0 Å². The molecular weight excluding hydrogens is 256 g/mol. The first-order valence-electron chi connectivity index (χ1n) is 4.63. The van der Waals surface area contributed by atoms with Crippen molar-refractivity contribution in [3.8, 4) is 0 Å². The zero-order valence-corrected chi connectivity index (χ0v) is 10.1. The van der Waals surface area contributed by atoms with Crippen LogP contribution in [0.3, 0.4) is 0 Å². The average molecular weight is 266 g/mol. The van der Waals surface area contributed by atoms with E-state index in [2.05, 4.69) is 26.9 Å². The second kappa shape index (κ2) is 5.32. The van der Waals surface area contributed by atoms with Crippen LogP contribution in [0.15, 0.2) is 50.0 Å². The van der Waals surface area contributed by atoms with Crippen LogP contribution in [0.2, 0.25) is 0 Å². The highest BCUT2D eigenvalue weighted by Gasteiger charge is 2.31. The minimum atomic E-state index is -3.49. The minimum absolute atomic E-state index is 0.00898. The maximum Gasteiger partial charge on any atom is 0.197 e. The summed E-state index contributed by atoms with van der Waals surface area (Å²) in [6.45, 7) is 7.13. The summed E-state index contributed by atoms with van der Waals surface area (Å²) >= 11 is 0. The Morgan fingerprint density at radius 1 is 1.22 bits per heavy atom. The van der Waals surface area contributed by atoms with E-state index >= 15 is 0 Å². The molecule has 8 heteroatoms. The van der Waals surface area contributed by atoms with E-state index in [0.717, 1.165) is 0 Å². The summed E-state index contributed by atoms with van der Waals surface area (Å²) < 4.78 is 7.38. The third-order valence-corrected chi connectivity index (χ3v) is 3.73. The van der Waals surface area contributed by atoms with Crippen molar-refractivity contribution in [3.63, 3.8) is 0 Å². The molecular formula is C10H10N4O3S. The van der Waals surface area contributed by atoms with Gasteiger partial charge in [0.1, 0.15) is 0 Å². The van der Waals surface area contributed by atoms with Gasteiger partial charge in [-0.05, 0) is 17.7 Å². The Labute approximate surface area is 104 Å². The van der Waals surface area contributed by atoms with Crippen molar-refractivity contribution in [3.05, 3.63) is 57.2 Å². The molecule has 0 saturated carbocycles. The molecule has 0 amide bonds. The van der Waals surface area contributed by atoms with Gasteiger partial charge in [0, 0.05) is 25.0 Å². The summed E-state index contributed by atoms with van der Waals surface area (Å²) in [6.07, 6.45) is 1.52. The molecule has 0 fully saturated rings. The van der Waals surface area contributed by atoms with Gasteiger partial charge in [0.25, 0.3) is 0 Å². The van der Waals surface area contributed by atoms with Gasteiger partial charge in [-0.3, -0.25) is 0 Å². The molecule has 18 heavy (non-hydrogen) atoms. The van der Waals surface area contributed by atoms with Crippen molar-refractivity contribution in [2.24, 2.45) is 19.5 Å². The number of rotatable bonds is 6. The predicted octanol–water partition coefficient (Wildman–Crippen LogP) is 3.47. The highest BCUT2D eigenvalue weighted by atomic mass is 32.3. The van der Waals surface area contributed by atoms with Crippen LogP contribution in [0, 0.1) is 14.7 Å². The van der Waals surface area contributed by atoms with Crippen LogP contribution >= 0.6 is 10.6 Å². The molecule has 1 aromatic rings. The monoisotopic (exact) mass is 266 g/mol. The fourth-order valence-corrected chi connectivity index (χ4v) is 2.20. The van der Waals surface area contributed by atoms with Crippen molar-refractivity contribution in [1.82, 2.24) is 0 Å². The molecule has 2 N–H and O–H groups in total. The van der Waals surface area contributed by atoms with Crippen molar-refractivity contribution in [2.45, 2.75) is 4.90 Å². The lowest BCUT2D eigenvalue weighted by Crippen LogP contribution is -1.99. The van der Waals surface area contributed by atoms with Crippen molar-refractivity contribution in [2.75, 3.05) is 0 Å². The van der Waals surface area contributed by atoms with Crippen LogP contribution in [-0.4, -0.2) is 0 Å². The van der Waals surface area contributed by atoms with Gasteiger partial charge in [-0.2, -0.15) is 0 Å². The molecule has 0 unspecified atom stereocenters. The minimum Gasteiger partial charge on any atom is -0.399 e. The number of hydrogen-bond donors (Lipinski definition) is 1. The lowest BCUT2D eigenvalue weighted by atomic mass is 10.1. The van der Waals surface area contributed by atoms with Gasteiger partial charge >= 0.3 is 0 Å². The van der Waals surface area contributed by atoms with Crippen molar-refractivity contribution in [1.29, 1.82) is 0 Å². The predicted molar refractivity (Wildman–Crippen MR) is 73.0 cm³/mol. The highest BCUT2D eigenvalue weighted by Crippen LogP contribution is 2.59. The Hall–Kier alpha value is -2.35. The van der Waals surface area contributed by atoms with Crippen LogP contribution in [0.1, 0.15) is 11.1 Å². The second-order valence-electron chi connectivity index (χ2n) is 3.22. The van der Waals surface area contributed by atoms with E-state index in [1.54, 1.807) is 0 Å². The normalized spacial score (nSPS) is 11.3. The average Bonchev–Trinajstić information content (AvgIpc) is 2.41. The van der Waals surface area contributed by atoms with E-state index in [1.807, 2.05) is 0 Å². The SMILES string of the molecule is C=Cc1ccc(S(N=O)(N=O)N=O)cc1C(=C)N. The molecule has 0 bridgehead atoms. The Morgan fingerprint density at radius 2 is 1.78 bits per heavy atom. The fraction of sp³-hybridized carbons (Fsp3) is 0. The number of nitrogens with two attached hydrogens (primary N) is 1. The molecule has 0 atom stereocenters. The first-order chi connectivity index (χ1) is 8.54. The molecule has 1 aromatic carbocycles. The number of benzene rings is 1. The summed E-state index contributed by atoms with van der Waals surface area (Å²) in [7, 11) is -3.49. The molecule has 0 aromatic heterocycles. The van der Waals surface area contributed by atoms with Gasteiger partial charge < -0.3 is 5.73 Å². The molecule has 0 saturated heterocycles. The number of nitroso groups, excluding NO2 is 3. The Morgan fingerprint density at radius 3 is 2.17 bits per heavy atom. The van der Waals surface area contributed by atoms with Gasteiger partial charge in [-0.1, -0.05) is 25.3 Å².